The van der Waals surface area contributed by atoms with Crippen LogP contribution in [0.1, 0.15) is 56.1 Å². The van der Waals surface area contributed by atoms with E-state index in [4.69, 9.17) is 17.5 Å². The molecular formula is C24H22F4N4O2S. The largest absolute Gasteiger partial charge is 0.417 e. The van der Waals surface area contributed by atoms with Gasteiger partial charge in [-0.3, -0.25) is 14.5 Å². The van der Waals surface area contributed by atoms with E-state index in [2.05, 4.69) is 5.32 Å². The van der Waals surface area contributed by atoms with Crippen molar-refractivity contribution >= 4 is 40.5 Å². The second kappa shape index (κ2) is 8.61. The zero-order valence-corrected chi connectivity index (χ0v) is 20.4. The van der Waals surface area contributed by atoms with Crippen LogP contribution in [0.15, 0.2) is 36.4 Å². The van der Waals surface area contributed by atoms with Gasteiger partial charge >= 0.3 is 6.18 Å². The van der Waals surface area contributed by atoms with Gasteiger partial charge in [0.15, 0.2) is 5.11 Å². The fraction of sp³-hybridized carbons (Fsp3) is 0.333. The van der Waals surface area contributed by atoms with Crippen LogP contribution >= 0.6 is 12.2 Å². The zero-order chi connectivity index (χ0) is 26.5. The van der Waals surface area contributed by atoms with Crippen molar-refractivity contribution in [1.29, 1.82) is 5.26 Å². The monoisotopic (exact) mass is 506 g/mol. The number of carbonyl (C=O) groups is 2. The lowest BCUT2D eigenvalue weighted by Crippen LogP contribution is -2.44. The fourth-order valence-corrected chi connectivity index (χ4v) is 4.22. The molecule has 0 spiro atoms. The number of alkyl halides is 3. The van der Waals surface area contributed by atoms with E-state index in [-0.39, 0.29) is 22.1 Å². The summed E-state index contributed by atoms with van der Waals surface area (Å²) in [6.07, 6.45) is -4.83. The van der Waals surface area contributed by atoms with E-state index in [0.29, 0.717) is 6.07 Å². The van der Waals surface area contributed by atoms with Gasteiger partial charge in [-0.25, -0.2) is 4.39 Å². The number of hydrogen-bond acceptors (Lipinski definition) is 4. The van der Waals surface area contributed by atoms with Crippen molar-refractivity contribution in [2.24, 2.45) is 0 Å². The molecule has 2 aromatic carbocycles. The van der Waals surface area contributed by atoms with Crippen LogP contribution < -0.4 is 15.1 Å². The summed E-state index contributed by atoms with van der Waals surface area (Å²) in [5.41, 5.74) is -4.02. The van der Waals surface area contributed by atoms with Gasteiger partial charge in [-0.2, -0.15) is 18.4 Å². The normalized spacial score (nSPS) is 15.9. The summed E-state index contributed by atoms with van der Waals surface area (Å²) in [6, 6.07) is 8.03. The Kier molecular flexibility index (Phi) is 6.42. The molecule has 0 aromatic heterocycles. The van der Waals surface area contributed by atoms with Crippen molar-refractivity contribution in [1.82, 2.24) is 5.32 Å². The predicted octanol–water partition coefficient (Wildman–Crippen LogP) is 5.16. The quantitative estimate of drug-likeness (QED) is 0.460. The summed E-state index contributed by atoms with van der Waals surface area (Å²) < 4.78 is 55.3. The van der Waals surface area contributed by atoms with Gasteiger partial charge in [0.2, 0.25) is 0 Å². The van der Waals surface area contributed by atoms with Crippen LogP contribution in [0.2, 0.25) is 0 Å². The van der Waals surface area contributed by atoms with Crippen LogP contribution in [-0.2, 0) is 11.0 Å². The first-order valence-corrected chi connectivity index (χ1v) is 10.8. The van der Waals surface area contributed by atoms with Crippen molar-refractivity contribution in [2.45, 2.75) is 51.9 Å². The molecule has 1 N–H and O–H groups in total. The van der Waals surface area contributed by atoms with E-state index in [0.717, 1.165) is 17.0 Å². The van der Waals surface area contributed by atoms with Gasteiger partial charge < -0.3 is 10.2 Å². The Morgan fingerprint density at radius 2 is 1.69 bits per heavy atom. The number of nitriles is 1. The molecule has 35 heavy (non-hydrogen) atoms. The third kappa shape index (κ3) is 4.84. The summed E-state index contributed by atoms with van der Waals surface area (Å²) in [7, 11) is 0. The van der Waals surface area contributed by atoms with Crippen LogP contribution in [0.25, 0.3) is 0 Å². The van der Waals surface area contributed by atoms with Crippen molar-refractivity contribution in [3.8, 4) is 6.07 Å². The molecule has 184 valence electrons. The number of halogens is 4. The van der Waals surface area contributed by atoms with Gasteiger partial charge in [-0.1, -0.05) is 0 Å². The molecule has 0 bridgehead atoms. The fourth-order valence-electron chi connectivity index (χ4n) is 3.69. The SMILES string of the molecule is CC(C)(C)NC(=O)c1ccc(N2C(=S)N(c3ccc(C#N)c(C(F)(F)F)c3)C(=O)C2(C)C)cc1F. The van der Waals surface area contributed by atoms with Gasteiger partial charge in [0.05, 0.1) is 28.4 Å². The second-order valence-corrected chi connectivity index (χ2v) is 9.89. The Labute approximate surface area is 205 Å². The van der Waals surface area contributed by atoms with Gasteiger partial charge in [-0.15, -0.1) is 0 Å². The van der Waals surface area contributed by atoms with Gasteiger partial charge in [-0.05, 0) is 83.2 Å². The van der Waals surface area contributed by atoms with Gasteiger partial charge in [0.1, 0.15) is 11.4 Å². The van der Waals surface area contributed by atoms with E-state index in [1.54, 1.807) is 20.8 Å². The number of anilines is 2. The molecule has 0 aliphatic carbocycles. The standard InChI is InChI=1S/C24H22F4N4O2S/c1-22(2,3)30-19(33)16-9-8-15(11-18(16)25)32-21(35)31(20(34)23(32,4)5)14-7-6-13(12-29)17(10-14)24(26,27)28/h6-11H,1-5H3,(H,30,33). The van der Waals surface area contributed by atoms with E-state index in [9.17, 15) is 27.2 Å². The molecular weight excluding hydrogens is 484 g/mol. The number of nitrogens with one attached hydrogen (secondary N) is 1. The highest BCUT2D eigenvalue weighted by Crippen LogP contribution is 2.39. The van der Waals surface area contributed by atoms with Crippen molar-refractivity contribution in [3.05, 3.63) is 58.9 Å². The number of benzene rings is 2. The minimum Gasteiger partial charge on any atom is -0.347 e. The minimum absolute atomic E-state index is 0.144. The topological polar surface area (TPSA) is 76.4 Å². The highest BCUT2D eigenvalue weighted by molar-refractivity contribution is 7.81. The molecule has 0 unspecified atom stereocenters. The Bertz CT molecular complexity index is 1280. The van der Waals surface area contributed by atoms with Crippen LogP contribution in [0.5, 0.6) is 0 Å². The first-order valence-electron chi connectivity index (χ1n) is 10.4. The summed E-state index contributed by atoms with van der Waals surface area (Å²) >= 11 is 5.43. The lowest BCUT2D eigenvalue weighted by atomic mass is 10.0. The summed E-state index contributed by atoms with van der Waals surface area (Å²) in [4.78, 5) is 27.9. The molecule has 2 amide bonds. The van der Waals surface area contributed by atoms with Crippen molar-refractivity contribution in [3.63, 3.8) is 0 Å². The molecule has 1 aliphatic rings. The average Bonchev–Trinajstić information content (AvgIpc) is 2.89. The van der Waals surface area contributed by atoms with E-state index < -0.39 is 46.0 Å². The Morgan fingerprint density at radius 3 is 2.20 bits per heavy atom. The molecule has 3 rings (SSSR count). The molecule has 1 aliphatic heterocycles. The zero-order valence-electron chi connectivity index (χ0n) is 19.5. The number of carbonyl (C=O) groups excluding carboxylic acids is 2. The first kappa shape index (κ1) is 26.1. The van der Waals surface area contributed by atoms with Crippen LogP contribution in [0.4, 0.5) is 28.9 Å². The lowest BCUT2D eigenvalue weighted by molar-refractivity contribution is -0.137. The number of thiocarbonyl (C=S) groups is 1. The van der Waals surface area contributed by atoms with E-state index in [1.807, 2.05) is 0 Å². The molecule has 1 heterocycles. The molecule has 11 heteroatoms. The average molecular weight is 507 g/mol. The molecule has 6 nitrogen and oxygen atoms in total. The Morgan fingerprint density at radius 1 is 1.09 bits per heavy atom. The van der Waals surface area contributed by atoms with E-state index in [1.165, 1.54) is 43.0 Å². The number of hydrogen-bond donors (Lipinski definition) is 1. The van der Waals surface area contributed by atoms with Crippen molar-refractivity contribution in [2.75, 3.05) is 9.80 Å². The third-order valence-corrected chi connectivity index (χ3v) is 5.66. The maximum Gasteiger partial charge on any atom is 0.417 e. The smallest absolute Gasteiger partial charge is 0.347 e. The summed E-state index contributed by atoms with van der Waals surface area (Å²) in [6.45, 7) is 8.23. The number of nitrogens with zero attached hydrogens (tertiary/aromatic N) is 3. The van der Waals surface area contributed by atoms with Gasteiger partial charge in [0.25, 0.3) is 11.8 Å². The highest BCUT2D eigenvalue weighted by atomic mass is 32.1. The van der Waals surface area contributed by atoms with Crippen molar-refractivity contribution < 1.29 is 27.2 Å². The molecule has 0 saturated carbocycles. The Hall–Kier alpha value is -3.52. The number of amides is 2. The lowest BCUT2D eigenvalue weighted by Gasteiger charge is -2.29. The molecule has 1 fully saturated rings. The summed E-state index contributed by atoms with van der Waals surface area (Å²) in [5.74, 6) is -2.12. The van der Waals surface area contributed by atoms with Gasteiger partial charge in [0, 0.05) is 11.2 Å². The first-order chi connectivity index (χ1) is 16.0. The molecule has 0 radical (unpaired) electrons. The maximum atomic E-state index is 14.9. The minimum atomic E-state index is -4.83. The molecule has 0 atom stereocenters. The molecule has 2 aromatic rings. The highest BCUT2D eigenvalue weighted by Gasteiger charge is 2.51. The Balaban J connectivity index is 2.04. The number of rotatable bonds is 3. The van der Waals surface area contributed by atoms with Crippen LogP contribution in [0.3, 0.4) is 0 Å². The summed E-state index contributed by atoms with van der Waals surface area (Å²) in [5, 5.41) is 11.5. The third-order valence-electron chi connectivity index (χ3n) is 5.30. The molecule has 1 saturated heterocycles. The van der Waals surface area contributed by atoms with Crippen LogP contribution in [0, 0.1) is 17.1 Å². The van der Waals surface area contributed by atoms with E-state index >= 15 is 0 Å². The predicted molar refractivity (Wildman–Crippen MR) is 126 cm³/mol. The second-order valence-electron chi connectivity index (χ2n) is 9.53. The van der Waals surface area contributed by atoms with Crippen LogP contribution in [-0.4, -0.2) is 28.0 Å². The maximum absolute atomic E-state index is 14.9.